The number of aromatic nitrogens is 3. The minimum absolute atomic E-state index is 0.0347. The second-order valence-corrected chi connectivity index (χ2v) is 6.83. The predicted molar refractivity (Wildman–Crippen MR) is 88.5 cm³/mol. The van der Waals surface area contributed by atoms with Crippen LogP contribution in [0.2, 0.25) is 0 Å². The zero-order valence-electron chi connectivity index (χ0n) is 13.6. The highest BCUT2D eigenvalue weighted by Crippen LogP contribution is 2.34. The first-order chi connectivity index (χ1) is 11.8. The van der Waals surface area contributed by atoms with Crippen LogP contribution in [-0.4, -0.2) is 52.3 Å². The lowest BCUT2D eigenvalue weighted by molar-refractivity contribution is 0.0739. The van der Waals surface area contributed by atoms with Gasteiger partial charge < -0.3 is 9.64 Å². The molecule has 1 saturated heterocycles. The third-order valence-electron chi connectivity index (χ3n) is 4.99. The van der Waals surface area contributed by atoms with Gasteiger partial charge in [-0.1, -0.05) is 0 Å². The number of rotatable bonds is 6. The fourth-order valence-corrected chi connectivity index (χ4v) is 3.42. The Morgan fingerprint density at radius 1 is 1.25 bits per heavy atom. The molecule has 126 valence electrons. The Labute approximate surface area is 141 Å². The number of pyridine rings is 1. The van der Waals surface area contributed by atoms with E-state index in [1.54, 1.807) is 12.4 Å². The maximum atomic E-state index is 12.6. The largest absolute Gasteiger partial charge is 0.381 e. The van der Waals surface area contributed by atoms with Crippen molar-refractivity contribution in [2.45, 2.75) is 18.8 Å². The minimum atomic E-state index is 0.0347. The van der Waals surface area contributed by atoms with Crippen LogP contribution >= 0.6 is 0 Å². The molecule has 4 rings (SSSR count). The lowest BCUT2D eigenvalue weighted by atomic mass is 9.90. The number of carbonyl (C=O) groups excluding carboxylic acids is 1. The van der Waals surface area contributed by atoms with Crippen LogP contribution < -0.4 is 0 Å². The molecule has 2 atom stereocenters. The fourth-order valence-electron chi connectivity index (χ4n) is 3.42. The number of hydrogen-bond donors (Lipinski definition) is 1. The number of ether oxygens (including phenoxy) is 1. The Bertz CT molecular complexity index is 670. The van der Waals surface area contributed by atoms with Crippen LogP contribution in [0.25, 0.3) is 0 Å². The third-order valence-corrected chi connectivity index (χ3v) is 4.99. The molecule has 1 aliphatic heterocycles. The number of nitrogens with one attached hydrogen (secondary N) is 1. The van der Waals surface area contributed by atoms with E-state index in [2.05, 4.69) is 15.2 Å². The number of hydrogen-bond acceptors (Lipinski definition) is 4. The monoisotopic (exact) mass is 326 g/mol. The first-order valence-corrected chi connectivity index (χ1v) is 8.57. The van der Waals surface area contributed by atoms with Crippen molar-refractivity contribution in [3.63, 3.8) is 0 Å². The molecule has 1 N–H and O–H groups in total. The lowest BCUT2D eigenvalue weighted by Gasteiger charge is -2.18. The van der Waals surface area contributed by atoms with E-state index in [0.29, 0.717) is 30.6 Å². The van der Waals surface area contributed by atoms with Crippen molar-refractivity contribution in [1.82, 2.24) is 20.1 Å². The highest BCUT2D eigenvalue weighted by molar-refractivity contribution is 5.94. The number of aromatic amines is 1. The van der Waals surface area contributed by atoms with Crippen molar-refractivity contribution in [2.75, 3.05) is 26.3 Å². The molecule has 1 amide bonds. The number of nitrogens with zero attached hydrogens (tertiary/aromatic N) is 3. The second kappa shape index (κ2) is 6.73. The zero-order valence-corrected chi connectivity index (χ0v) is 13.6. The lowest BCUT2D eigenvalue weighted by Crippen LogP contribution is -2.29. The Balaban J connectivity index is 1.47. The van der Waals surface area contributed by atoms with Gasteiger partial charge in [-0.15, -0.1) is 0 Å². The summed E-state index contributed by atoms with van der Waals surface area (Å²) in [5.74, 6) is 1.41. The van der Waals surface area contributed by atoms with E-state index in [1.165, 1.54) is 18.4 Å². The zero-order chi connectivity index (χ0) is 16.4. The summed E-state index contributed by atoms with van der Waals surface area (Å²) in [5, 5.41) is 6.59. The van der Waals surface area contributed by atoms with Gasteiger partial charge in [0.2, 0.25) is 0 Å². The Morgan fingerprint density at radius 3 is 2.79 bits per heavy atom. The summed E-state index contributed by atoms with van der Waals surface area (Å²) in [6.07, 6.45) is 9.46. The maximum absolute atomic E-state index is 12.6. The van der Waals surface area contributed by atoms with Crippen molar-refractivity contribution in [1.29, 1.82) is 0 Å². The summed E-state index contributed by atoms with van der Waals surface area (Å²) >= 11 is 0. The molecule has 2 fully saturated rings. The molecule has 6 heteroatoms. The Morgan fingerprint density at radius 2 is 2.08 bits per heavy atom. The van der Waals surface area contributed by atoms with Gasteiger partial charge in [-0.3, -0.25) is 14.9 Å². The highest BCUT2D eigenvalue weighted by atomic mass is 16.5. The van der Waals surface area contributed by atoms with Gasteiger partial charge in [-0.25, -0.2) is 0 Å². The van der Waals surface area contributed by atoms with Crippen LogP contribution in [0.5, 0.6) is 0 Å². The molecule has 2 aromatic heterocycles. The van der Waals surface area contributed by atoms with Gasteiger partial charge in [0.15, 0.2) is 0 Å². The molecule has 0 bridgehead atoms. The molecule has 2 aromatic rings. The number of amides is 1. The molecule has 0 unspecified atom stereocenters. The molecular weight excluding hydrogens is 304 g/mol. The van der Waals surface area contributed by atoms with Crippen molar-refractivity contribution < 1.29 is 9.53 Å². The van der Waals surface area contributed by atoms with Crippen molar-refractivity contribution in [3.05, 3.63) is 48.0 Å². The summed E-state index contributed by atoms with van der Waals surface area (Å²) in [6.45, 7) is 3.00. The van der Waals surface area contributed by atoms with Gasteiger partial charge in [0.25, 0.3) is 5.91 Å². The minimum Gasteiger partial charge on any atom is -0.381 e. The van der Waals surface area contributed by atoms with Gasteiger partial charge in [0.05, 0.1) is 18.4 Å². The highest BCUT2D eigenvalue weighted by Gasteiger charge is 2.37. The quantitative estimate of drug-likeness (QED) is 0.882. The van der Waals surface area contributed by atoms with Crippen LogP contribution in [0.1, 0.15) is 34.7 Å². The third kappa shape index (κ3) is 3.33. The average molecular weight is 326 g/mol. The first kappa shape index (κ1) is 15.3. The van der Waals surface area contributed by atoms with E-state index in [1.807, 2.05) is 29.4 Å². The van der Waals surface area contributed by atoms with Gasteiger partial charge >= 0.3 is 0 Å². The summed E-state index contributed by atoms with van der Waals surface area (Å²) in [7, 11) is 0. The van der Waals surface area contributed by atoms with Gasteiger partial charge in [0, 0.05) is 50.1 Å². The van der Waals surface area contributed by atoms with Crippen LogP contribution in [0, 0.1) is 11.8 Å². The van der Waals surface area contributed by atoms with Crippen LogP contribution in [0.15, 0.2) is 36.9 Å². The van der Waals surface area contributed by atoms with E-state index in [0.717, 1.165) is 19.1 Å². The average Bonchev–Trinajstić information content (AvgIpc) is 3.12. The van der Waals surface area contributed by atoms with E-state index in [-0.39, 0.29) is 5.91 Å². The van der Waals surface area contributed by atoms with Gasteiger partial charge in [0.1, 0.15) is 0 Å². The molecular formula is C18H22N4O2. The van der Waals surface area contributed by atoms with E-state index < -0.39 is 0 Å². The summed E-state index contributed by atoms with van der Waals surface area (Å²) in [4.78, 5) is 18.7. The number of carbonyl (C=O) groups is 1. The van der Waals surface area contributed by atoms with Crippen LogP contribution in [-0.2, 0) is 4.74 Å². The molecule has 3 heterocycles. The second-order valence-electron chi connectivity index (χ2n) is 6.83. The first-order valence-electron chi connectivity index (χ1n) is 8.57. The Hall–Kier alpha value is -2.21. The molecule has 2 aliphatic rings. The van der Waals surface area contributed by atoms with Crippen LogP contribution in [0.3, 0.4) is 0 Å². The fraction of sp³-hybridized carbons (Fsp3) is 0.500. The molecule has 6 nitrogen and oxygen atoms in total. The van der Waals surface area contributed by atoms with Crippen molar-refractivity contribution >= 4 is 5.91 Å². The SMILES string of the molecule is O=C(c1cn[nH]c1)N1C[C@@H](COCC2CC2)[C@H](c2ccncc2)C1. The number of H-pyrrole nitrogens is 1. The summed E-state index contributed by atoms with van der Waals surface area (Å²) < 4.78 is 5.94. The molecule has 0 spiro atoms. The molecule has 1 aliphatic carbocycles. The summed E-state index contributed by atoms with van der Waals surface area (Å²) in [5.41, 5.74) is 1.84. The van der Waals surface area contributed by atoms with E-state index >= 15 is 0 Å². The predicted octanol–water partition coefficient (Wildman–Crippen LogP) is 2.09. The van der Waals surface area contributed by atoms with E-state index in [9.17, 15) is 4.79 Å². The normalized spacial score (nSPS) is 23.6. The van der Waals surface area contributed by atoms with Crippen molar-refractivity contribution in [2.24, 2.45) is 11.8 Å². The van der Waals surface area contributed by atoms with Crippen LogP contribution in [0.4, 0.5) is 0 Å². The standard InChI is InChI=1S/C18H22N4O2/c23-18(15-7-20-21-8-15)22-9-16(12-24-11-13-1-2-13)17(10-22)14-3-5-19-6-4-14/h3-8,13,16-17H,1-2,9-12H2,(H,20,21)/t16-,17-/m0/s1. The molecule has 0 aromatic carbocycles. The maximum Gasteiger partial charge on any atom is 0.257 e. The van der Waals surface area contributed by atoms with Gasteiger partial charge in [-0.05, 0) is 36.5 Å². The van der Waals surface area contributed by atoms with Crippen molar-refractivity contribution in [3.8, 4) is 0 Å². The molecule has 1 saturated carbocycles. The van der Waals surface area contributed by atoms with E-state index in [4.69, 9.17) is 4.74 Å². The Kier molecular flexibility index (Phi) is 4.30. The molecule has 0 radical (unpaired) electrons. The van der Waals surface area contributed by atoms with Gasteiger partial charge in [-0.2, -0.15) is 5.10 Å². The number of likely N-dealkylation sites (tertiary alicyclic amines) is 1. The smallest absolute Gasteiger partial charge is 0.257 e. The molecule has 24 heavy (non-hydrogen) atoms. The summed E-state index contributed by atoms with van der Waals surface area (Å²) in [6, 6.07) is 4.09. The topological polar surface area (TPSA) is 71.1 Å².